The van der Waals surface area contributed by atoms with Gasteiger partial charge in [0.2, 0.25) is 5.88 Å². The number of anilines is 1. The van der Waals surface area contributed by atoms with E-state index in [9.17, 15) is 13.6 Å². The van der Waals surface area contributed by atoms with Crippen LogP contribution in [0.5, 0.6) is 5.88 Å². The van der Waals surface area contributed by atoms with Gasteiger partial charge in [0, 0.05) is 38.7 Å². The normalized spacial score (nSPS) is 21.9. The van der Waals surface area contributed by atoms with E-state index < -0.39 is 29.5 Å². The summed E-state index contributed by atoms with van der Waals surface area (Å²) in [5, 5.41) is 10.6. The summed E-state index contributed by atoms with van der Waals surface area (Å²) in [4.78, 5) is 15.6. The Hall–Kier alpha value is -3.58. The molecule has 42 heavy (non-hydrogen) atoms. The third-order valence-corrected chi connectivity index (χ3v) is 7.42. The Labute approximate surface area is 243 Å². The molecule has 0 bridgehead atoms. The lowest BCUT2D eigenvalue weighted by Crippen LogP contribution is -2.42. The number of nitrogens with zero attached hydrogens (tertiary/aromatic N) is 3. The predicted octanol–water partition coefficient (Wildman–Crippen LogP) is 4.23. The zero-order valence-corrected chi connectivity index (χ0v) is 24.2. The minimum Gasteiger partial charge on any atom is -0.473 e. The molecule has 2 aromatic carbocycles. The second-order valence-electron chi connectivity index (χ2n) is 11.1. The largest absolute Gasteiger partial charge is 0.473 e. The van der Waals surface area contributed by atoms with Crippen LogP contribution in [0.15, 0.2) is 48.5 Å². The molecular formula is C30H37F2N5O5. The number of aromatic nitrogens is 2. The average molecular weight is 586 g/mol. The van der Waals surface area contributed by atoms with Crippen LogP contribution in [0.3, 0.4) is 0 Å². The third kappa shape index (κ3) is 7.06. The first kappa shape index (κ1) is 29.9. The Morgan fingerprint density at radius 1 is 1.14 bits per heavy atom. The first-order valence-electron chi connectivity index (χ1n) is 14.0. The van der Waals surface area contributed by atoms with Gasteiger partial charge in [-0.25, -0.2) is 18.3 Å². The summed E-state index contributed by atoms with van der Waals surface area (Å²) >= 11 is 0. The number of hydrogen-bond donors (Lipinski definition) is 2. The van der Waals surface area contributed by atoms with Crippen molar-refractivity contribution >= 4 is 11.8 Å². The van der Waals surface area contributed by atoms with E-state index in [0.29, 0.717) is 55.7 Å². The predicted molar refractivity (Wildman–Crippen MR) is 152 cm³/mol. The molecule has 12 heteroatoms. The Morgan fingerprint density at radius 3 is 2.55 bits per heavy atom. The minimum atomic E-state index is -0.675. The van der Waals surface area contributed by atoms with Crippen molar-refractivity contribution in [1.82, 2.24) is 20.0 Å². The molecule has 0 saturated carbocycles. The molecule has 0 radical (unpaired) electrons. The Bertz CT molecular complexity index is 1370. The van der Waals surface area contributed by atoms with Gasteiger partial charge in [-0.15, -0.1) is 5.10 Å². The van der Waals surface area contributed by atoms with E-state index in [1.165, 1.54) is 12.1 Å². The molecule has 3 aromatic rings. The maximum atomic E-state index is 14.1. The molecule has 2 aliphatic rings. The number of methoxy groups -OCH3 is 1. The van der Waals surface area contributed by atoms with Gasteiger partial charge in [0.15, 0.2) is 5.79 Å². The summed E-state index contributed by atoms with van der Waals surface area (Å²) in [5.41, 5.74) is 1.84. The number of halogens is 2. The van der Waals surface area contributed by atoms with E-state index in [-0.39, 0.29) is 18.6 Å². The van der Waals surface area contributed by atoms with Crippen molar-refractivity contribution in [3.8, 4) is 11.6 Å². The molecule has 0 aliphatic carbocycles. The zero-order valence-electron chi connectivity index (χ0n) is 24.2. The van der Waals surface area contributed by atoms with Crippen molar-refractivity contribution < 1.29 is 32.5 Å². The van der Waals surface area contributed by atoms with Gasteiger partial charge in [0.25, 0.3) is 0 Å². The maximum Gasteiger partial charge on any atom is 0.320 e. The lowest BCUT2D eigenvalue weighted by molar-refractivity contribution is -0.141. The number of rotatable bonds is 10. The monoisotopic (exact) mass is 585 g/mol. The zero-order chi connectivity index (χ0) is 29.9. The molecule has 3 atom stereocenters. The molecule has 0 spiro atoms. The first-order chi connectivity index (χ1) is 20.1. The molecule has 5 rings (SSSR count). The number of ether oxygens (including phenoxy) is 4. The summed E-state index contributed by atoms with van der Waals surface area (Å²) in [7, 11) is 1.62. The van der Waals surface area contributed by atoms with E-state index in [0.717, 1.165) is 11.8 Å². The number of carbonyl (C=O) groups is 1. The fourth-order valence-electron chi connectivity index (χ4n) is 5.41. The topological polar surface area (TPSA) is 99.1 Å². The third-order valence-electron chi connectivity index (χ3n) is 7.42. The fourth-order valence-corrected chi connectivity index (χ4v) is 5.41. The van der Waals surface area contributed by atoms with Crippen LogP contribution in [-0.2, 0) is 14.2 Å². The highest BCUT2D eigenvalue weighted by molar-refractivity contribution is 5.90. The molecule has 2 aliphatic heterocycles. The van der Waals surface area contributed by atoms with Crippen LogP contribution in [0.4, 0.5) is 19.4 Å². The highest BCUT2D eigenvalue weighted by atomic mass is 19.1. The van der Waals surface area contributed by atoms with Crippen molar-refractivity contribution in [3.63, 3.8) is 0 Å². The molecule has 2 amide bonds. The minimum absolute atomic E-state index is 0.229. The summed E-state index contributed by atoms with van der Waals surface area (Å²) in [5.74, 6) is -1.53. The second-order valence-corrected chi connectivity index (χ2v) is 11.1. The molecule has 2 saturated heterocycles. The highest BCUT2D eigenvalue weighted by Crippen LogP contribution is 2.31. The van der Waals surface area contributed by atoms with Crippen molar-refractivity contribution in [2.45, 2.75) is 44.6 Å². The van der Waals surface area contributed by atoms with Crippen molar-refractivity contribution in [2.75, 3.05) is 51.9 Å². The van der Waals surface area contributed by atoms with Crippen molar-refractivity contribution in [1.29, 1.82) is 0 Å². The standard InChI is InChI=1S/C30H37F2N5O5/c1-19-27(37(23-8-6-5-7-9-23)35-28(19)40-17-24-18-41-30(2,3)42-24)34-29(38)33-26-16-36(10-11-39-4)15-25(26)20-12-21(31)14-22(32)13-20/h5-9,12-14,24-26H,10-11,15-18H2,1-4H3,(H2,33,34,38)/t24?,25-,26+/m0/s1. The Morgan fingerprint density at radius 2 is 1.88 bits per heavy atom. The molecule has 1 unspecified atom stereocenters. The average Bonchev–Trinajstić information content (AvgIpc) is 3.61. The number of para-hydroxylation sites is 1. The first-order valence-corrected chi connectivity index (χ1v) is 14.0. The van der Waals surface area contributed by atoms with E-state index in [1.807, 2.05) is 51.1 Å². The van der Waals surface area contributed by atoms with Crippen LogP contribution >= 0.6 is 0 Å². The molecule has 10 nitrogen and oxygen atoms in total. The molecule has 2 fully saturated rings. The smallest absolute Gasteiger partial charge is 0.320 e. The van der Waals surface area contributed by atoms with E-state index in [4.69, 9.17) is 18.9 Å². The van der Waals surface area contributed by atoms with Crippen molar-refractivity contribution in [3.05, 3.63) is 71.3 Å². The van der Waals surface area contributed by atoms with Gasteiger partial charge >= 0.3 is 6.03 Å². The second kappa shape index (κ2) is 12.7. The van der Waals surface area contributed by atoms with Gasteiger partial charge in [-0.2, -0.15) is 0 Å². The van der Waals surface area contributed by atoms with Gasteiger partial charge < -0.3 is 24.3 Å². The van der Waals surface area contributed by atoms with Crippen molar-refractivity contribution in [2.24, 2.45) is 0 Å². The summed E-state index contributed by atoms with van der Waals surface area (Å²) < 4.78 is 52.5. The maximum absolute atomic E-state index is 14.1. The molecular weight excluding hydrogens is 548 g/mol. The van der Waals surface area contributed by atoms with Gasteiger partial charge in [-0.3, -0.25) is 10.2 Å². The lowest BCUT2D eigenvalue weighted by Gasteiger charge is -2.21. The van der Waals surface area contributed by atoms with Gasteiger partial charge in [-0.1, -0.05) is 18.2 Å². The van der Waals surface area contributed by atoms with Crippen LogP contribution in [0.25, 0.3) is 5.69 Å². The Kier molecular flexibility index (Phi) is 9.07. The summed E-state index contributed by atoms with van der Waals surface area (Å²) in [6, 6.07) is 12.0. The van der Waals surface area contributed by atoms with E-state index in [1.54, 1.807) is 11.8 Å². The number of benzene rings is 2. The molecule has 1 aromatic heterocycles. The molecule has 226 valence electrons. The van der Waals surface area contributed by atoms with E-state index in [2.05, 4.69) is 20.6 Å². The van der Waals surface area contributed by atoms with Crippen LogP contribution in [-0.4, -0.2) is 85.2 Å². The fraction of sp³-hybridized carbons (Fsp3) is 0.467. The number of nitrogens with one attached hydrogen (secondary N) is 2. The molecule has 2 N–H and O–H groups in total. The number of carbonyl (C=O) groups excluding carboxylic acids is 1. The lowest BCUT2D eigenvalue weighted by atomic mass is 9.94. The van der Waals surface area contributed by atoms with Gasteiger partial charge in [0.05, 0.1) is 30.5 Å². The Balaban J connectivity index is 1.35. The van der Waals surface area contributed by atoms with Gasteiger partial charge in [-0.05, 0) is 50.6 Å². The number of urea groups is 1. The molecule has 3 heterocycles. The van der Waals surface area contributed by atoms with E-state index >= 15 is 0 Å². The van der Waals surface area contributed by atoms with Crippen LogP contribution < -0.4 is 15.4 Å². The highest BCUT2D eigenvalue weighted by Gasteiger charge is 2.36. The quantitative estimate of drug-likeness (QED) is 0.368. The SMILES string of the molecule is COCCN1C[C@@H](NC(=O)Nc2c(C)c(OCC3COC(C)(C)O3)nn2-c2ccccc2)[C@H](c2cc(F)cc(F)c2)C1. The number of likely N-dealkylation sites (tertiary alicyclic amines) is 1. The van der Waals surface area contributed by atoms with Crippen LogP contribution in [0.1, 0.15) is 30.9 Å². The summed E-state index contributed by atoms with van der Waals surface area (Å²) in [6.45, 7) is 8.26. The number of amides is 2. The van der Waals surface area contributed by atoms with Crippen LogP contribution in [0.2, 0.25) is 0 Å². The van der Waals surface area contributed by atoms with Gasteiger partial charge in [0.1, 0.15) is 30.2 Å². The number of hydrogen-bond acceptors (Lipinski definition) is 7. The summed E-state index contributed by atoms with van der Waals surface area (Å²) in [6.07, 6.45) is -0.256. The van der Waals surface area contributed by atoms with Crippen LogP contribution in [0, 0.1) is 18.6 Å².